The van der Waals surface area contributed by atoms with Gasteiger partial charge in [-0.25, -0.2) is 4.98 Å². The minimum absolute atomic E-state index is 0.0181. The van der Waals surface area contributed by atoms with Gasteiger partial charge in [0.25, 0.3) is 0 Å². The molecule has 2 atom stereocenters. The molecule has 6 nitrogen and oxygen atoms in total. The molecule has 1 spiro atoms. The third-order valence-electron chi connectivity index (χ3n) is 5.75. The highest BCUT2D eigenvalue weighted by Crippen LogP contribution is 2.37. The molecule has 4 rings (SSSR count). The zero-order chi connectivity index (χ0) is 19.6. The van der Waals surface area contributed by atoms with Gasteiger partial charge in [-0.05, 0) is 26.2 Å². The van der Waals surface area contributed by atoms with Crippen LogP contribution in [0.3, 0.4) is 0 Å². The number of methoxy groups -OCH3 is 1. The van der Waals surface area contributed by atoms with Gasteiger partial charge in [0.2, 0.25) is 5.91 Å². The molecule has 2 aliphatic rings. The highest BCUT2D eigenvalue weighted by Gasteiger charge is 2.46. The van der Waals surface area contributed by atoms with E-state index >= 15 is 0 Å². The lowest BCUT2D eigenvalue weighted by Gasteiger charge is -2.44. The normalized spacial score (nSPS) is 25.3. The maximum atomic E-state index is 12.5. The number of benzene rings is 1. The third-order valence-corrected chi connectivity index (χ3v) is 6.50. The van der Waals surface area contributed by atoms with Gasteiger partial charge >= 0.3 is 0 Å². The number of nitrogens with zero attached hydrogens (tertiary/aromatic N) is 2. The Labute approximate surface area is 169 Å². The standard InChI is InChI=1S/C21H27N3O3S/c1-15-4-6-16(7-5-15)17-14-28-20(22-17)23-19(25)13-24-10-9-21(8-3-11-27-21)18(12-24)26-2/h4-7,14,18H,3,8-13H2,1-2H3,(H,22,23,25)/t18-,21-/m1/s1. The van der Waals surface area contributed by atoms with Crippen molar-refractivity contribution in [2.45, 2.75) is 37.9 Å². The lowest BCUT2D eigenvalue weighted by atomic mass is 9.86. The minimum atomic E-state index is -0.153. The van der Waals surface area contributed by atoms with E-state index in [9.17, 15) is 4.79 Å². The second-order valence-electron chi connectivity index (χ2n) is 7.68. The molecular weight excluding hydrogens is 374 g/mol. The van der Waals surface area contributed by atoms with Crippen molar-refractivity contribution in [2.75, 3.05) is 38.7 Å². The van der Waals surface area contributed by atoms with E-state index in [1.807, 2.05) is 5.38 Å². The summed E-state index contributed by atoms with van der Waals surface area (Å²) in [6, 6.07) is 8.23. The lowest BCUT2D eigenvalue weighted by Crippen LogP contribution is -2.57. The largest absolute Gasteiger partial charge is 0.377 e. The molecule has 0 aliphatic carbocycles. The van der Waals surface area contributed by atoms with Gasteiger partial charge < -0.3 is 14.8 Å². The van der Waals surface area contributed by atoms with Gasteiger partial charge in [-0.1, -0.05) is 29.8 Å². The van der Waals surface area contributed by atoms with Gasteiger partial charge in [0, 0.05) is 37.7 Å². The number of aromatic nitrogens is 1. The van der Waals surface area contributed by atoms with Crippen molar-refractivity contribution in [3.63, 3.8) is 0 Å². The number of hydrogen-bond donors (Lipinski definition) is 1. The van der Waals surface area contributed by atoms with Gasteiger partial charge in [-0.3, -0.25) is 9.69 Å². The molecule has 1 N–H and O–H groups in total. The Balaban J connectivity index is 1.33. The number of hydrogen-bond acceptors (Lipinski definition) is 6. The summed E-state index contributed by atoms with van der Waals surface area (Å²) in [5.74, 6) is -0.0389. The van der Waals surface area contributed by atoms with Crippen LogP contribution in [-0.2, 0) is 14.3 Å². The van der Waals surface area contributed by atoms with Crippen molar-refractivity contribution in [3.8, 4) is 11.3 Å². The Morgan fingerprint density at radius 2 is 2.21 bits per heavy atom. The van der Waals surface area contributed by atoms with Gasteiger partial charge in [0.1, 0.15) is 0 Å². The van der Waals surface area contributed by atoms with Crippen LogP contribution in [0.1, 0.15) is 24.8 Å². The fourth-order valence-corrected chi connectivity index (χ4v) is 4.89. The summed E-state index contributed by atoms with van der Waals surface area (Å²) in [4.78, 5) is 19.2. The van der Waals surface area contributed by atoms with E-state index in [0.717, 1.165) is 50.2 Å². The van der Waals surface area contributed by atoms with E-state index in [-0.39, 0.29) is 17.6 Å². The SMILES string of the molecule is CO[C@@H]1CN(CC(=O)Nc2nc(-c3ccc(C)cc3)cs2)CC[C@]12CCCO2. The van der Waals surface area contributed by atoms with E-state index in [1.165, 1.54) is 16.9 Å². The third kappa shape index (κ3) is 4.12. The highest BCUT2D eigenvalue weighted by atomic mass is 32.1. The first-order valence-electron chi connectivity index (χ1n) is 9.79. The smallest absolute Gasteiger partial charge is 0.240 e. The van der Waals surface area contributed by atoms with Crippen LogP contribution in [0, 0.1) is 6.92 Å². The fraction of sp³-hybridized carbons (Fsp3) is 0.524. The Morgan fingerprint density at radius 1 is 1.39 bits per heavy atom. The van der Waals surface area contributed by atoms with Crippen molar-refractivity contribution >= 4 is 22.4 Å². The number of thiazole rings is 1. The molecule has 7 heteroatoms. The summed E-state index contributed by atoms with van der Waals surface area (Å²) in [6.07, 6.45) is 3.07. The summed E-state index contributed by atoms with van der Waals surface area (Å²) >= 11 is 1.45. The predicted octanol–water partition coefficient (Wildman–Crippen LogP) is 3.33. The van der Waals surface area contributed by atoms with Gasteiger partial charge in [-0.2, -0.15) is 0 Å². The number of nitrogens with one attached hydrogen (secondary N) is 1. The number of carbonyl (C=O) groups excluding carboxylic acids is 1. The molecule has 3 heterocycles. The number of amides is 1. The summed E-state index contributed by atoms with van der Waals surface area (Å²) in [5, 5.41) is 5.55. The van der Waals surface area contributed by atoms with E-state index in [4.69, 9.17) is 9.47 Å². The first-order chi connectivity index (χ1) is 13.6. The molecule has 2 aromatic rings. The summed E-state index contributed by atoms with van der Waals surface area (Å²) in [5.41, 5.74) is 3.01. The first-order valence-corrected chi connectivity index (χ1v) is 10.7. The van der Waals surface area contributed by atoms with E-state index in [1.54, 1.807) is 7.11 Å². The van der Waals surface area contributed by atoms with E-state index in [0.29, 0.717) is 11.7 Å². The number of carbonyl (C=O) groups is 1. The van der Waals surface area contributed by atoms with Crippen molar-refractivity contribution in [1.29, 1.82) is 0 Å². The number of aryl methyl sites for hydroxylation is 1. The average Bonchev–Trinajstić information content (AvgIpc) is 3.34. The number of rotatable bonds is 5. The van der Waals surface area contributed by atoms with Crippen molar-refractivity contribution in [1.82, 2.24) is 9.88 Å². The topological polar surface area (TPSA) is 63.7 Å². The number of anilines is 1. The monoisotopic (exact) mass is 401 g/mol. The summed E-state index contributed by atoms with van der Waals surface area (Å²) in [7, 11) is 1.74. The molecule has 2 saturated heterocycles. The van der Waals surface area contributed by atoms with Crippen molar-refractivity contribution in [2.24, 2.45) is 0 Å². The van der Waals surface area contributed by atoms with Crippen molar-refractivity contribution < 1.29 is 14.3 Å². The second-order valence-corrected chi connectivity index (χ2v) is 8.54. The fourth-order valence-electron chi connectivity index (χ4n) is 4.15. The predicted molar refractivity (Wildman–Crippen MR) is 111 cm³/mol. The van der Waals surface area contributed by atoms with Crippen LogP contribution in [0.25, 0.3) is 11.3 Å². The Hall–Kier alpha value is -1.80. The van der Waals surface area contributed by atoms with E-state index < -0.39 is 0 Å². The molecule has 0 unspecified atom stereocenters. The lowest BCUT2D eigenvalue weighted by molar-refractivity contribution is -0.145. The van der Waals surface area contributed by atoms with Crippen LogP contribution in [0.2, 0.25) is 0 Å². The molecule has 150 valence electrons. The minimum Gasteiger partial charge on any atom is -0.377 e. The molecule has 0 bridgehead atoms. The molecule has 1 aromatic heterocycles. The summed E-state index contributed by atoms with van der Waals surface area (Å²) < 4.78 is 11.7. The molecule has 28 heavy (non-hydrogen) atoms. The van der Waals surface area contributed by atoms with Crippen LogP contribution >= 0.6 is 11.3 Å². The second kappa shape index (κ2) is 8.29. The molecular formula is C21H27N3O3S. The molecule has 2 aliphatic heterocycles. The zero-order valence-electron chi connectivity index (χ0n) is 16.4. The quantitative estimate of drug-likeness (QED) is 0.833. The highest BCUT2D eigenvalue weighted by molar-refractivity contribution is 7.14. The Bertz CT molecular complexity index is 815. The average molecular weight is 402 g/mol. The Morgan fingerprint density at radius 3 is 2.93 bits per heavy atom. The number of likely N-dealkylation sites (tertiary alicyclic amines) is 1. The van der Waals surface area contributed by atoms with Gasteiger partial charge in [0.15, 0.2) is 5.13 Å². The summed E-state index contributed by atoms with van der Waals surface area (Å²) in [6.45, 7) is 4.78. The number of ether oxygens (including phenoxy) is 2. The van der Waals surface area contributed by atoms with Gasteiger partial charge in [-0.15, -0.1) is 11.3 Å². The molecule has 0 radical (unpaired) electrons. The Kier molecular flexibility index (Phi) is 5.78. The molecule has 0 saturated carbocycles. The molecule has 1 aromatic carbocycles. The molecule has 2 fully saturated rings. The molecule has 1 amide bonds. The maximum absolute atomic E-state index is 12.5. The van der Waals surface area contributed by atoms with Crippen LogP contribution in [0.15, 0.2) is 29.6 Å². The first kappa shape index (κ1) is 19.5. The van der Waals surface area contributed by atoms with E-state index in [2.05, 4.69) is 46.4 Å². The van der Waals surface area contributed by atoms with Gasteiger partial charge in [0.05, 0.1) is 23.9 Å². The van der Waals surface area contributed by atoms with Crippen LogP contribution in [0.5, 0.6) is 0 Å². The zero-order valence-corrected chi connectivity index (χ0v) is 17.3. The maximum Gasteiger partial charge on any atom is 0.240 e. The van der Waals surface area contributed by atoms with Crippen LogP contribution in [-0.4, -0.2) is 60.8 Å². The van der Waals surface area contributed by atoms with Crippen LogP contribution in [0.4, 0.5) is 5.13 Å². The van der Waals surface area contributed by atoms with Crippen molar-refractivity contribution in [3.05, 3.63) is 35.2 Å². The van der Waals surface area contributed by atoms with Crippen LogP contribution < -0.4 is 5.32 Å². The number of piperidine rings is 1.